The molecule has 1 saturated heterocycles. The predicted octanol–water partition coefficient (Wildman–Crippen LogP) is 2.21. The van der Waals surface area contributed by atoms with Gasteiger partial charge < -0.3 is 10.6 Å². The van der Waals surface area contributed by atoms with E-state index in [1.807, 2.05) is 10.7 Å². The number of nitrogens with one attached hydrogen (secondary N) is 2. The average Bonchev–Trinajstić information content (AvgIpc) is 2.78. The lowest BCUT2D eigenvalue weighted by atomic mass is 9.94. The fourth-order valence-electron chi connectivity index (χ4n) is 2.37. The Bertz CT molecular complexity index is 399. The Labute approximate surface area is 120 Å². The number of anilines is 1. The molecule has 1 fully saturated rings. The van der Waals surface area contributed by atoms with Crippen LogP contribution >= 0.6 is 12.4 Å². The number of hydrogen-bond donors (Lipinski definition) is 2. The number of piperidine rings is 1. The number of nitrogens with zero attached hydrogens (tertiary/aromatic N) is 2. The molecule has 0 aromatic carbocycles. The first-order valence-electron chi connectivity index (χ1n) is 6.71. The quantitative estimate of drug-likeness (QED) is 0.892. The first kappa shape index (κ1) is 16.0. The van der Waals surface area contributed by atoms with E-state index in [1.54, 1.807) is 6.20 Å². The first-order valence-corrected chi connectivity index (χ1v) is 6.71. The molecule has 0 atom stereocenters. The molecule has 1 aliphatic heterocycles. The molecule has 1 aromatic rings. The smallest absolute Gasteiger partial charge is 0.225 e. The predicted molar refractivity (Wildman–Crippen MR) is 78.7 cm³/mol. The van der Waals surface area contributed by atoms with Crippen molar-refractivity contribution in [3.63, 3.8) is 0 Å². The number of rotatable bonds is 4. The third kappa shape index (κ3) is 4.51. The average molecular weight is 287 g/mol. The highest BCUT2D eigenvalue weighted by Gasteiger charge is 2.17. The highest BCUT2D eigenvalue weighted by Crippen LogP contribution is 2.18. The number of halogens is 1. The molecule has 1 aromatic heterocycles. The van der Waals surface area contributed by atoms with E-state index in [0.717, 1.165) is 31.7 Å². The molecule has 1 aliphatic rings. The van der Waals surface area contributed by atoms with Crippen molar-refractivity contribution in [2.24, 2.45) is 5.92 Å². The van der Waals surface area contributed by atoms with E-state index in [2.05, 4.69) is 29.6 Å². The molecule has 5 nitrogen and oxygen atoms in total. The number of carbonyl (C=O) groups excluding carboxylic acids is 1. The van der Waals surface area contributed by atoms with Gasteiger partial charge in [-0.25, -0.2) is 4.68 Å². The Morgan fingerprint density at radius 3 is 2.84 bits per heavy atom. The van der Waals surface area contributed by atoms with Crippen molar-refractivity contribution in [2.45, 2.75) is 39.2 Å². The summed E-state index contributed by atoms with van der Waals surface area (Å²) in [6, 6.07) is 2.11. The van der Waals surface area contributed by atoms with Gasteiger partial charge in [-0.2, -0.15) is 5.10 Å². The Hall–Kier alpha value is -1.07. The van der Waals surface area contributed by atoms with Gasteiger partial charge in [-0.1, -0.05) is 0 Å². The summed E-state index contributed by atoms with van der Waals surface area (Å²) in [6.07, 6.45) is 4.53. The Kier molecular flexibility index (Phi) is 6.31. The van der Waals surface area contributed by atoms with Crippen molar-refractivity contribution < 1.29 is 4.79 Å². The van der Waals surface area contributed by atoms with Crippen molar-refractivity contribution >= 4 is 24.1 Å². The van der Waals surface area contributed by atoms with Crippen LogP contribution in [-0.2, 0) is 4.79 Å². The molecule has 6 heteroatoms. The lowest BCUT2D eigenvalue weighted by molar-refractivity contribution is -0.117. The van der Waals surface area contributed by atoms with E-state index >= 15 is 0 Å². The molecule has 0 bridgehead atoms. The van der Waals surface area contributed by atoms with Crippen molar-refractivity contribution in [3.05, 3.63) is 12.3 Å². The van der Waals surface area contributed by atoms with Crippen LogP contribution in [0.2, 0.25) is 0 Å². The summed E-state index contributed by atoms with van der Waals surface area (Å²) in [4.78, 5) is 12.0. The molecule has 2 rings (SSSR count). The van der Waals surface area contributed by atoms with Gasteiger partial charge in [0.2, 0.25) is 5.91 Å². The van der Waals surface area contributed by atoms with E-state index in [9.17, 15) is 4.79 Å². The lowest BCUT2D eigenvalue weighted by Crippen LogP contribution is -2.30. The molecule has 19 heavy (non-hydrogen) atoms. The van der Waals surface area contributed by atoms with E-state index in [0.29, 0.717) is 12.3 Å². The Morgan fingerprint density at radius 1 is 1.53 bits per heavy atom. The summed E-state index contributed by atoms with van der Waals surface area (Å²) >= 11 is 0. The fraction of sp³-hybridized carbons (Fsp3) is 0.692. The molecule has 1 amide bonds. The molecular formula is C13H23ClN4O. The Morgan fingerprint density at radius 2 is 2.21 bits per heavy atom. The van der Waals surface area contributed by atoms with Crippen LogP contribution in [0.5, 0.6) is 0 Å². The zero-order chi connectivity index (χ0) is 13.0. The SMILES string of the molecule is CC(C)n1nccc1NC(=O)CC1CCNCC1.Cl. The molecule has 2 heterocycles. The fourth-order valence-corrected chi connectivity index (χ4v) is 2.37. The topological polar surface area (TPSA) is 59.0 Å². The van der Waals surface area contributed by atoms with Crippen LogP contribution in [0.4, 0.5) is 5.82 Å². The zero-order valence-corrected chi connectivity index (χ0v) is 12.4. The van der Waals surface area contributed by atoms with Crippen LogP contribution in [0.3, 0.4) is 0 Å². The molecule has 0 radical (unpaired) electrons. The molecule has 0 aliphatic carbocycles. The van der Waals surface area contributed by atoms with Gasteiger partial charge in [-0.3, -0.25) is 4.79 Å². The van der Waals surface area contributed by atoms with Gasteiger partial charge in [-0.15, -0.1) is 12.4 Å². The first-order chi connectivity index (χ1) is 8.66. The largest absolute Gasteiger partial charge is 0.317 e. The maximum atomic E-state index is 12.0. The van der Waals surface area contributed by atoms with Gasteiger partial charge in [0.15, 0.2) is 0 Å². The van der Waals surface area contributed by atoms with Gasteiger partial charge in [0.05, 0.1) is 6.20 Å². The highest BCUT2D eigenvalue weighted by atomic mass is 35.5. The molecule has 0 spiro atoms. The monoisotopic (exact) mass is 286 g/mol. The molecule has 0 saturated carbocycles. The van der Waals surface area contributed by atoms with E-state index in [4.69, 9.17) is 0 Å². The summed E-state index contributed by atoms with van der Waals surface area (Å²) in [7, 11) is 0. The third-order valence-electron chi connectivity index (χ3n) is 3.36. The van der Waals surface area contributed by atoms with Crippen molar-refractivity contribution in [1.82, 2.24) is 15.1 Å². The lowest BCUT2D eigenvalue weighted by Gasteiger charge is -2.22. The minimum Gasteiger partial charge on any atom is -0.317 e. The van der Waals surface area contributed by atoms with Crippen molar-refractivity contribution in [3.8, 4) is 0 Å². The summed E-state index contributed by atoms with van der Waals surface area (Å²) in [6.45, 7) is 6.16. The second kappa shape index (κ2) is 7.50. The van der Waals surface area contributed by atoms with Crippen LogP contribution in [0.25, 0.3) is 0 Å². The second-order valence-electron chi connectivity index (χ2n) is 5.20. The standard InChI is InChI=1S/C13H22N4O.ClH/c1-10(2)17-12(5-8-15-17)16-13(18)9-11-3-6-14-7-4-11;/h5,8,10-11,14H,3-4,6-7,9H2,1-2H3,(H,16,18);1H. The number of carbonyl (C=O) groups is 1. The van der Waals surface area contributed by atoms with Gasteiger partial charge in [0, 0.05) is 18.5 Å². The van der Waals surface area contributed by atoms with Gasteiger partial charge in [0.1, 0.15) is 5.82 Å². The van der Waals surface area contributed by atoms with Gasteiger partial charge in [0.25, 0.3) is 0 Å². The second-order valence-corrected chi connectivity index (χ2v) is 5.20. The minimum atomic E-state index is 0. The van der Waals surface area contributed by atoms with Crippen LogP contribution in [0.1, 0.15) is 39.2 Å². The highest BCUT2D eigenvalue weighted by molar-refractivity contribution is 5.90. The number of hydrogen-bond acceptors (Lipinski definition) is 3. The van der Waals surface area contributed by atoms with Crippen LogP contribution in [0.15, 0.2) is 12.3 Å². The van der Waals surface area contributed by atoms with Crippen molar-refractivity contribution in [2.75, 3.05) is 18.4 Å². The normalized spacial score (nSPS) is 16.2. The summed E-state index contributed by atoms with van der Waals surface area (Å²) in [5.74, 6) is 1.41. The molecular weight excluding hydrogens is 264 g/mol. The van der Waals surface area contributed by atoms with Gasteiger partial charge >= 0.3 is 0 Å². The van der Waals surface area contributed by atoms with Crippen LogP contribution in [0, 0.1) is 5.92 Å². The van der Waals surface area contributed by atoms with E-state index < -0.39 is 0 Å². The third-order valence-corrected chi connectivity index (χ3v) is 3.36. The summed E-state index contributed by atoms with van der Waals surface area (Å²) in [5, 5.41) is 10.5. The summed E-state index contributed by atoms with van der Waals surface area (Å²) in [5.41, 5.74) is 0. The van der Waals surface area contributed by atoms with Crippen molar-refractivity contribution in [1.29, 1.82) is 0 Å². The molecule has 108 valence electrons. The minimum absolute atomic E-state index is 0. The van der Waals surface area contributed by atoms with E-state index in [-0.39, 0.29) is 24.4 Å². The summed E-state index contributed by atoms with van der Waals surface area (Å²) < 4.78 is 1.83. The number of amides is 1. The van der Waals surface area contributed by atoms with Crippen LogP contribution < -0.4 is 10.6 Å². The van der Waals surface area contributed by atoms with Gasteiger partial charge in [-0.05, 0) is 45.7 Å². The molecule has 0 unspecified atom stereocenters. The van der Waals surface area contributed by atoms with Crippen LogP contribution in [-0.4, -0.2) is 28.8 Å². The molecule has 2 N–H and O–H groups in total. The Balaban J connectivity index is 0.00000180. The van der Waals surface area contributed by atoms with E-state index in [1.165, 1.54) is 0 Å². The zero-order valence-electron chi connectivity index (χ0n) is 11.6. The maximum Gasteiger partial charge on any atom is 0.225 e. The number of aromatic nitrogens is 2. The maximum absolute atomic E-state index is 12.0.